The van der Waals surface area contributed by atoms with Gasteiger partial charge in [0.25, 0.3) is 0 Å². The van der Waals surface area contributed by atoms with E-state index in [1.54, 1.807) is 9.80 Å². The molecule has 13 nitrogen and oxygen atoms in total. The number of nitrogens with zero attached hydrogens (tertiary/aromatic N) is 7. The Morgan fingerprint density at radius 2 is 1.71 bits per heavy atom. The second kappa shape index (κ2) is 10.6. The number of anilines is 4. The Balaban J connectivity index is 1.31. The lowest BCUT2D eigenvalue weighted by molar-refractivity contribution is -0.383. The van der Waals surface area contributed by atoms with Gasteiger partial charge in [0.1, 0.15) is 6.33 Å². The van der Waals surface area contributed by atoms with Gasteiger partial charge in [-0.1, -0.05) is 17.3 Å². The third-order valence-electron chi connectivity index (χ3n) is 6.24. The normalized spacial score (nSPS) is 14.2. The highest BCUT2D eigenvalue weighted by molar-refractivity contribution is 7.90. The van der Waals surface area contributed by atoms with E-state index >= 15 is 0 Å². The molecule has 1 saturated heterocycles. The molecule has 214 valence electrons. The lowest BCUT2D eigenvalue weighted by atomic mass is 10.1. The molecular weight excluding hydrogens is 569 g/mol. The number of piperazine rings is 1. The van der Waals surface area contributed by atoms with Crippen LogP contribution in [0.1, 0.15) is 5.56 Å². The van der Waals surface area contributed by atoms with Gasteiger partial charge in [0.2, 0.25) is 17.5 Å². The Morgan fingerprint density at radius 1 is 1.02 bits per heavy atom. The molecule has 41 heavy (non-hydrogen) atoms. The van der Waals surface area contributed by atoms with Crippen LogP contribution in [0, 0.1) is 10.1 Å². The summed E-state index contributed by atoms with van der Waals surface area (Å²) < 4.78 is 67.9. The molecule has 0 amide bonds. The lowest BCUT2D eigenvalue weighted by Crippen LogP contribution is -2.47. The fourth-order valence-electron chi connectivity index (χ4n) is 4.19. The zero-order valence-corrected chi connectivity index (χ0v) is 22.1. The molecule has 0 saturated carbocycles. The minimum absolute atomic E-state index is 0.000234. The Bertz CT molecular complexity index is 1690. The first kappa shape index (κ1) is 27.8. The lowest BCUT2D eigenvalue weighted by Gasteiger charge is -2.33. The third-order valence-corrected chi connectivity index (χ3v) is 7.37. The Kier molecular flexibility index (Phi) is 7.20. The molecule has 0 spiro atoms. The summed E-state index contributed by atoms with van der Waals surface area (Å²) in [7, 11) is -3.41. The van der Waals surface area contributed by atoms with Crippen molar-refractivity contribution in [3.05, 3.63) is 70.5 Å². The number of nitro groups is 1. The molecule has 0 unspecified atom stereocenters. The van der Waals surface area contributed by atoms with Crippen molar-refractivity contribution in [2.75, 3.05) is 47.6 Å². The van der Waals surface area contributed by atoms with E-state index in [0.717, 1.165) is 18.4 Å². The molecule has 0 bridgehead atoms. The highest BCUT2D eigenvalue weighted by atomic mass is 32.2. The van der Waals surface area contributed by atoms with Crippen LogP contribution in [0.25, 0.3) is 11.4 Å². The van der Waals surface area contributed by atoms with Gasteiger partial charge in [0.15, 0.2) is 9.84 Å². The predicted octanol–water partition coefficient (Wildman–Crippen LogP) is 3.93. The second-order valence-electron chi connectivity index (χ2n) is 9.03. The van der Waals surface area contributed by atoms with E-state index in [2.05, 4.69) is 25.4 Å². The van der Waals surface area contributed by atoms with Gasteiger partial charge in [-0.15, -0.1) is 0 Å². The van der Waals surface area contributed by atoms with Crippen LogP contribution >= 0.6 is 0 Å². The van der Waals surface area contributed by atoms with Gasteiger partial charge in [0.05, 0.1) is 15.4 Å². The molecule has 1 fully saturated rings. The molecule has 2 aromatic carbocycles. The zero-order valence-electron chi connectivity index (χ0n) is 21.2. The van der Waals surface area contributed by atoms with Crippen LogP contribution < -0.4 is 15.1 Å². The molecule has 3 heterocycles. The summed E-state index contributed by atoms with van der Waals surface area (Å²) in [4.78, 5) is 27.3. The van der Waals surface area contributed by atoms with Gasteiger partial charge in [-0.3, -0.25) is 10.1 Å². The molecule has 0 aliphatic carbocycles. The monoisotopic (exact) mass is 590 g/mol. The summed E-state index contributed by atoms with van der Waals surface area (Å²) in [5.41, 5.74) is -0.655. The van der Waals surface area contributed by atoms with Crippen molar-refractivity contribution < 1.29 is 31.0 Å². The highest BCUT2D eigenvalue weighted by Gasteiger charge is 2.32. The summed E-state index contributed by atoms with van der Waals surface area (Å²) in [6, 6.07) is 10.4. The molecule has 17 heteroatoms. The van der Waals surface area contributed by atoms with Crippen LogP contribution in [0.15, 0.2) is 64.3 Å². The molecule has 1 N–H and O–H groups in total. The summed E-state index contributed by atoms with van der Waals surface area (Å²) in [5, 5.41) is 18.7. The molecule has 0 atom stereocenters. The average molecular weight is 591 g/mol. The van der Waals surface area contributed by atoms with Gasteiger partial charge < -0.3 is 19.6 Å². The van der Waals surface area contributed by atoms with Crippen molar-refractivity contribution in [1.29, 1.82) is 0 Å². The highest BCUT2D eigenvalue weighted by Crippen LogP contribution is 2.35. The Labute approximate surface area is 230 Å². The van der Waals surface area contributed by atoms with Gasteiger partial charge in [0, 0.05) is 43.7 Å². The summed E-state index contributed by atoms with van der Waals surface area (Å²) in [6.07, 6.45) is -2.26. The molecule has 4 aromatic rings. The minimum atomic E-state index is -4.51. The molecular formula is C24H21F3N8O5S. The van der Waals surface area contributed by atoms with Gasteiger partial charge in [-0.2, -0.15) is 18.2 Å². The van der Waals surface area contributed by atoms with Crippen molar-refractivity contribution in [3.63, 3.8) is 0 Å². The first-order valence-corrected chi connectivity index (χ1v) is 13.9. The number of alkyl halides is 3. The number of sulfone groups is 1. The average Bonchev–Trinajstić information content (AvgIpc) is 3.43. The zero-order chi connectivity index (χ0) is 29.4. The largest absolute Gasteiger partial charge is 0.416 e. The fourth-order valence-corrected chi connectivity index (χ4v) is 4.82. The first-order valence-electron chi connectivity index (χ1n) is 12.0. The maximum Gasteiger partial charge on any atom is 0.416 e. The second-order valence-corrected chi connectivity index (χ2v) is 11.0. The van der Waals surface area contributed by atoms with Crippen molar-refractivity contribution in [2.24, 2.45) is 0 Å². The topological polar surface area (TPSA) is 160 Å². The van der Waals surface area contributed by atoms with Gasteiger partial charge in [-0.25, -0.2) is 18.4 Å². The van der Waals surface area contributed by atoms with Crippen LogP contribution in [0.3, 0.4) is 0 Å². The van der Waals surface area contributed by atoms with Crippen LogP contribution in [-0.4, -0.2) is 65.9 Å². The first-order chi connectivity index (χ1) is 19.4. The van der Waals surface area contributed by atoms with Crippen LogP contribution in [0.2, 0.25) is 0 Å². The van der Waals surface area contributed by atoms with E-state index in [0.29, 0.717) is 18.8 Å². The third kappa shape index (κ3) is 6.03. The van der Waals surface area contributed by atoms with Gasteiger partial charge >= 0.3 is 17.9 Å². The van der Waals surface area contributed by atoms with E-state index in [9.17, 15) is 31.7 Å². The quantitative estimate of drug-likeness (QED) is 0.244. The summed E-state index contributed by atoms with van der Waals surface area (Å²) in [5.74, 6) is 0.00695. The van der Waals surface area contributed by atoms with E-state index in [-0.39, 0.29) is 52.7 Å². The Morgan fingerprint density at radius 3 is 2.34 bits per heavy atom. The number of aromatic nitrogens is 4. The van der Waals surface area contributed by atoms with E-state index < -0.39 is 26.5 Å². The van der Waals surface area contributed by atoms with Crippen LogP contribution in [0.4, 0.5) is 42.2 Å². The van der Waals surface area contributed by atoms with Crippen molar-refractivity contribution in [1.82, 2.24) is 20.1 Å². The SMILES string of the molecule is CS(=O)(=O)c1ccc(Nc2ncnc(N3CCN(c4nc(-c5cccc(C(F)(F)F)c5)no4)CC3)c2[N+](=O)[O-])cc1. The molecule has 5 rings (SSSR count). The Hall–Kier alpha value is -4.80. The van der Waals surface area contributed by atoms with Crippen molar-refractivity contribution in [3.8, 4) is 11.4 Å². The van der Waals surface area contributed by atoms with E-state index in [1.807, 2.05) is 0 Å². The minimum Gasteiger partial charge on any atom is -0.347 e. The number of halogens is 3. The summed E-state index contributed by atoms with van der Waals surface area (Å²) >= 11 is 0. The predicted molar refractivity (Wildman–Crippen MR) is 141 cm³/mol. The fraction of sp³-hybridized carbons (Fsp3) is 0.250. The van der Waals surface area contributed by atoms with Gasteiger partial charge in [-0.05, 0) is 36.4 Å². The van der Waals surface area contributed by atoms with Crippen LogP contribution in [-0.2, 0) is 16.0 Å². The van der Waals surface area contributed by atoms with E-state index in [4.69, 9.17) is 4.52 Å². The van der Waals surface area contributed by atoms with Crippen molar-refractivity contribution >= 4 is 38.9 Å². The number of hydrogen-bond donors (Lipinski definition) is 1. The van der Waals surface area contributed by atoms with Crippen LogP contribution in [0.5, 0.6) is 0 Å². The number of hydrogen-bond acceptors (Lipinski definition) is 12. The molecule has 0 radical (unpaired) electrons. The maximum absolute atomic E-state index is 13.1. The summed E-state index contributed by atoms with van der Waals surface area (Å²) in [6.45, 7) is 1.17. The van der Waals surface area contributed by atoms with E-state index in [1.165, 1.54) is 42.7 Å². The number of benzene rings is 2. The standard InChI is InChI=1S/C24H21F3N8O5S/c1-41(38,39)18-7-5-17(6-8-18)30-21-19(35(36)37)22(29-14-28-21)33-9-11-34(12-10-33)23-31-20(32-40-23)15-3-2-4-16(13-15)24(25,26)27/h2-8,13-14H,9-12H2,1H3,(H,28,29,30). The molecule has 1 aliphatic heterocycles. The maximum atomic E-state index is 13.1. The van der Waals surface area contributed by atoms with Crippen molar-refractivity contribution in [2.45, 2.75) is 11.1 Å². The number of nitrogens with one attached hydrogen (secondary N) is 1. The number of rotatable bonds is 7. The smallest absolute Gasteiger partial charge is 0.347 e. The molecule has 2 aromatic heterocycles. The molecule has 1 aliphatic rings.